The van der Waals surface area contributed by atoms with Crippen LogP contribution in [0.1, 0.15) is 0 Å². The predicted octanol–water partition coefficient (Wildman–Crippen LogP) is 2.47. The summed E-state index contributed by atoms with van der Waals surface area (Å²) in [5.74, 6) is 0. The van der Waals surface area contributed by atoms with Gasteiger partial charge in [-0.05, 0) is 0 Å². The summed E-state index contributed by atoms with van der Waals surface area (Å²) in [7, 11) is 14.0. The fourth-order valence-corrected chi connectivity index (χ4v) is 0. The Kier molecular flexibility index (Phi) is 324. The van der Waals surface area contributed by atoms with Crippen molar-refractivity contribution in [1.29, 1.82) is 0 Å². The second kappa shape index (κ2) is 103. The van der Waals surface area contributed by atoms with Gasteiger partial charge in [0.2, 0.25) is 0 Å². The topological polar surface area (TPSA) is 56.4 Å². The molecule has 0 amide bonds. The van der Waals surface area contributed by atoms with Gasteiger partial charge >= 0.3 is 0 Å². The molecule has 0 unspecified atom stereocenters. The Bertz CT molecular complexity index is 32.0. The van der Waals surface area contributed by atoms with Crippen molar-refractivity contribution in [1.82, 2.24) is 0 Å². The Hall–Kier alpha value is 3.32. The van der Waals surface area contributed by atoms with Crippen molar-refractivity contribution in [3.63, 3.8) is 0 Å². The molecular weight excluding hydrogens is 866 g/mol. The molecule has 0 spiro atoms. The predicted molar refractivity (Wildman–Crippen MR) is 60.8 cm³/mol. The number of rotatable bonds is 0. The molecular formula is C8H24Hf4N4-4. The summed E-state index contributed by atoms with van der Waals surface area (Å²) in [5, 5.41) is 14.0. The van der Waals surface area contributed by atoms with Crippen LogP contribution in [0.15, 0.2) is 0 Å². The Morgan fingerprint density at radius 2 is 0.312 bits per heavy atom. The van der Waals surface area contributed by atoms with E-state index in [0.717, 1.165) is 0 Å². The van der Waals surface area contributed by atoms with Crippen molar-refractivity contribution < 1.29 is 103 Å². The first kappa shape index (κ1) is 50.6. The fourth-order valence-electron chi connectivity index (χ4n) is 0. The van der Waals surface area contributed by atoms with Crippen LogP contribution in [-0.2, 0) is 103 Å². The van der Waals surface area contributed by atoms with Gasteiger partial charge in [-0.3, -0.25) is 0 Å². The first-order valence-corrected chi connectivity index (χ1v) is 3.58. The van der Waals surface area contributed by atoms with Crippen LogP contribution in [0.4, 0.5) is 0 Å². The van der Waals surface area contributed by atoms with Crippen molar-refractivity contribution >= 4 is 0 Å². The van der Waals surface area contributed by atoms with Crippen molar-refractivity contribution in [3.8, 4) is 0 Å². The minimum Gasteiger partial charge on any atom is -0.668 e. The molecule has 0 bridgehead atoms. The van der Waals surface area contributed by atoms with Gasteiger partial charge in [-0.15, -0.1) is 0 Å². The zero-order chi connectivity index (χ0) is 10.8. The monoisotopic (exact) mass is 896 g/mol. The van der Waals surface area contributed by atoms with E-state index in [1.54, 1.807) is 56.4 Å². The Balaban J connectivity index is -0.00000000821. The molecule has 0 aliphatic carbocycles. The maximum atomic E-state index is 3.50. The maximum Gasteiger partial charge on any atom is 0 e. The summed E-state index contributed by atoms with van der Waals surface area (Å²) >= 11 is 0. The third-order valence-corrected chi connectivity index (χ3v) is 0. The van der Waals surface area contributed by atoms with Gasteiger partial charge in [0.05, 0.1) is 0 Å². The average molecular weight is 890 g/mol. The van der Waals surface area contributed by atoms with Gasteiger partial charge in [0.1, 0.15) is 0 Å². The summed E-state index contributed by atoms with van der Waals surface area (Å²) in [5.41, 5.74) is 0. The van der Waals surface area contributed by atoms with E-state index in [9.17, 15) is 0 Å². The molecule has 0 aliphatic heterocycles. The first-order chi connectivity index (χ1) is 5.66. The number of nitrogens with zero attached hydrogens (tertiary/aromatic N) is 4. The Morgan fingerprint density at radius 3 is 0.312 bits per heavy atom. The van der Waals surface area contributed by atoms with E-state index in [1.807, 2.05) is 0 Å². The van der Waals surface area contributed by atoms with Gasteiger partial charge in [0.25, 0.3) is 0 Å². The minimum atomic E-state index is 0. The quantitative estimate of drug-likeness (QED) is 0.337. The minimum absolute atomic E-state index is 0. The molecule has 0 saturated heterocycles. The van der Waals surface area contributed by atoms with Crippen LogP contribution in [-0.4, -0.2) is 56.4 Å². The molecule has 0 aromatic carbocycles. The Labute approximate surface area is 178 Å². The molecule has 0 N–H and O–H groups in total. The third-order valence-electron chi connectivity index (χ3n) is 0. The number of hydrogen-bond acceptors (Lipinski definition) is 0. The molecule has 0 saturated carbocycles. The van der Waals surface area contributed by atoms with Gasteiger partial charge in [0.15, 0.2) is 0 Å². The molecule has 0 rings (SSSR count). The molecule has 0 aromatic heterocycles. The van der Waals surface area contributed by atoms with Gasteiger partial charge in [-0.25, -0.2) is 0 Å². The summed E-state index contributed by atoms with van der Waals surface area (Å²) in [6, 6.07) is 0. The van der Waals surface area contributed by atoms with E-state index in [0.29, 0.717) is 0 Å². The molecule has 96 valence electrons. The largest absolute Gasteiger partial charge is 0.668 e. The molecule has 8 heteroatoms. The number of hydrogen-bond donors (Lipinski definition) is 0. The molecule has 0 aliphatic rings. The zero-order valence-electron chi connectivity index (χ0n) is 11.8. The molecule has 0 radical (unpaired) electrons. The fraction of sp³-hybridized carbons (Fsp3) is 1.00. The molecule has 0 fully saturated rings. The van der Waals surface area contributed by atoms with Crippen molar-refractivity contribution in [3.05, 3.63) is 21.3 Å². The third kappa shape index (κ3) is 418. The van der Waals surface area contributed by atoms with Crippen molar-refractivity contribution in [2.75, 3.05) is 56.4 Å². The first-order valence-electron chi connectivity index (χ1n) is 3.58. The SMILES string of the molecule is C[N-]C.C[N-]C.C[N-]C.C[N-]C.[Hf].[Hf].[Hf].[Hf]. The molecule has 0 heterocycles. The van der Waals surface area contributed by atoms with E-state index < -0.39 is 0 Å². The van der Waals surface area contributed by atoms with Gasteiger partial charge in [-0.2, -0.15) is 56.4 Å². The molecule has 16 heavy (non-hydrogen) atoms. The van der Waals surface area contributed by atoms with E-state index >= 15 is 0 Å². The Morgan fingerprint density at radius 1 is 0.312 bits per heavy atom. The van der Waals surface area contributed by atoms with Crippen LogP contribution in [0.2, 0.25) is 0 Å². The van der Waals surface area contributed by atoms with Crippen LogP contribution < -0.4 is 0 Å². The van der Waals surface area contributed by atoms with E-state index in [4.69, 9.17) is 0 Å². The van der Waals surface area contributed by atoms with E-state index in [-0.39, 0.29) is 103 Å². The maximum absolute atomic E-state index is 3.50. The summed E-state index contributed by atoms with van der Waals surface area (Å²) in [4.78, 5) is 0. The molecule has 0 atom stereocenters. The summed E-state index contributed by atoms with van der Waals surface area (Å²) in [6.45, 7) is 0. The summed E-state index contributed by atoms with van der Waals surface area (Å²) < 4.78 is 0. The summed E-state index contributed by atoms with van der Waals surface area (Å²) in [6.07, 6.45) is 0. The van der Waals surface area contributed by atoms with Crippen LogP contribution in [0.5, 0.6) is 0 Å². The van der Waals surface area contributed by atoms with E-state index in [1.165, 1.54) is 0 Å². The van der Waals surface area contributed by atoms with Crippen LogP contribution in [0.25, 0.3) is 21.3 Å². The average Bonchev–Trinajstić information content (AvgIpc) is 1.92. The standard InChI is InChI=1S/4C2H6N.4Hf/c4*1-3-2;;;;/h4*1-2H3;;;;/q4*-1;;;;. The smallest absolute Gasteiger partial charge is 0 e. The van der Waals surface area contributed by atoms with Gasteiger partial charge < -0.3 is 21.3 Å². The van der Waals surface area contributed by atoms with Crippen LogP contribution in [0.3, 0.4) is 0 Å². The van der Waals surface area contributed by atoms with Gasteiger partial charge in [0, 0.05) is 103 Å². The van der Waals surface area contributed by atoms with Crippen LogP contribution in [0, 0.1) is 0 Å². The van der Waals surface area contributed by atoms with Gasteiger partial charge in [-0.1, -0.05) is 0 Å². The second-order valence-corrected chi connectivity index (χ2v) is 1.79. The second-order valence-electron chi connectivity index (χ2n) is 1.79. The van der Waals surface area contributed by atoms with Crippen LogP contribution >= 0.6 is 0 Å². The molecule has 0 aromatic rings. The normalized spacial score (nSPS) is 4.50. The molecule has 4 nitrogen and oxygen atoms in total. The van der Waals surface area contributed by atoms with Crippen molar-refractivity contribution in [2.24, 2.45) is 0 Å². The van der Waals surface area contributed by atoms with E-state index in [2.05, 4.69) is 21.3 Å². The van der Waals surface area contributed by atoms with Crippen molar-refractivity contribution in [2.45, 2.75) is 0 Å². The zero-order valence-corrected chi connectivity index (χ0v) is 26.2.